The molecule has 7 heteroatoms. The van der Waals surface area contributed by atoms with Crippen molar-refractivity contribution in [2.24, 2.45) is 5.92 Å². The number of hydrogen-bond acceptors (Lipinski definition) is 2. The number of carbonyl (C=O) groups is 2. The zero-order valence-corrected chi connectivity index (χ0v) is 10.9. The molecule has 1 fully saturated rings. The first-order valence-electron chi connectivity index (χ1n) is 6.07. The molecule has 1 saturated heterocycles. The Kier molecular flexibility index (Phi) is 3.69. The molecular formula is C13H13F3N2O2. The van der Waals surface area contributed by atoms with Crippen LogP contribution < -0.4 is 10.2 Å². The van der Waals surface area contributed by atoms with Crippen LogP contribution in [0.2, 0.25) is 0 Å². The third-order valence-electron chi connectivity index (χ3n) is 3.08. The Morgan fingerprint density at radius 3 is 2.25 bits per heavy atom. The lowest BCUT2D eigenvalue weighted by Crippen LogP contribution is -2.61. The van der Waals surface area contributed by atoms with Crippen LogP contribution in [0.15, 0.2) is 12.1 Å². The lowest BCUT2D eigenvalue weighted by molar-refractivity contribution is -0.132. The van der Waals surface area contributed by atoms with Crippen molar-refractivity contribution in [3.8, 4) is 0 Å². The van der Waals surface area contributed by atoms with E-state index in [1.807, 2.05) is 0 Å². The summed E-state index contributed by atoms with van der Waals surface area (Å²) in [4.78, 5) is 24.5. The molecule has 20 heavy (non-hydrogen) atoms. The normalized spacial score (nSPS) is 19.5. The van der Waals surface area contributed by atoms with E-state index in [1.165, 1.54) is 0 Å². The number of nitrogens with one attached hydrogen (secondary N) is 1. The maximum Gasteiger partial charge on any atom is 0.247 e. The molecule has 2 rings (SSSR count). The second-order valence-electron chi connectivity index (χ2n) is 4.89. The van der Waals surface area contributed by atoms with Crippen LogP contribution >= 0.6 is 0 Å². The fourth-order valence-corrected chi connectivity index (χ4v) is 2.25. The van der Waals surface area contributed by atoms with E-state index in [-0.39, 0.29) is 12.5 Å². The van der Waals surface area contributed by atoms with Crippen LogP contribution in [0, 0.1) is 23.4 Å². The molecule has 1 aliphatic heterocycles. The summed E-state index contributed by atoms with van der Waals surface area (Å²) in [5.41, 5.74) is -0.690. The SMILES string of the molecule is CC(C)C1C(=O)NCC(=O)N1c1c(F)cc(F)cc1F. The third-order valence-corrected chi connectivity index (χ3v) is 3.08. The van der Waals surface area contributed by atoms with Crippen molar-refractivity contribution in [1.82, 2.24) is 5.32 Å². The Morgan fingerprint density at radius 1 is 1.20 bits per heavy atom. The third kappa shape index (κ3) is 2.35. The van der Waals surface area contributed by atoms with E-state index in [4.69, 9.17) is 0 Å². The predicted molar refractivity (Wildman–Crippen MR) is 65.4 cm³/mol. The van der Waals surface area contributed by atoms with Crippen LogP contribution in [-0.2, 0) is 9.59 Å². The van der Waals surface area contributed by atoms with Gasteiger partial charge in [0, 0.05) is 12.1 Å². The number of piperazine rings is 1. The molecular weight excluding hydrogens is 273 g/mol. The number of halogens is 3. The number of rotatable bonds is 2. The van der Waals surface area contributed by atoms with Crippen molar-refractivity contribution in [2.45, 2.75) is 19.9 Å². The van der Waals surface area contributed by atoms with E-state index in [2.05, 4.69) is 5.32 Å². The minimum atomic E-state index is -1.21. The van der Waals surface area contributed by atoms with Gasteiger partial charge in [-0.15, -0.1) is 0 Å². The van der Waals surface area contributed by atoms with Crippen molar-refractivity contribution in [3.63, 3.8) is 0 Å². The zero-order chi connectivity index (χ0) is 15.0. The van der Waals surface area contributed by atoms with Crippen molar-refractivity contribution in [1.29, 1.82) is 0 Å². The summed E-state index contributed by atoms with van der Waals surface area (Å²) in [5, 5.41) is 2.36. The number of hydrogen-bond donors (Lipinski definition) is 1. The molecule has 1 atom stereocenters. The summed E-state index contributed by atoms with van der Waals surface area (Å²) in [6.45, 7) is 2.95. The summed E-state index contributed by atoms with van der Waals surface area (Å²) in [6.07, 6.45) is 0. The Balaban J connectivity index is 2.57. The van der Waals surface area contributed by atoms with E-state index >= 15 is 0 Å². The van der Waals surface area contributed by atoms with Crippen LogP contribution in [0.3, 0.4) is 0 Å². The molecule has 1 heterocycles. The minimum absolute atomic E-state index is 0.349. The van der Waals surface area contributed by atoms with Crippen LogP contribution in [0.25, 0.3) is 0 Å². The highest BCUT2D eigenvalue weighted by molar-refractivity contribution is 6.06. The van der Waals surface area contributed by atoms with Crippen LogP contribution in [-0.4, -0.2) is 24.4 Å². The Hall–Kier alpha value is -2.05. The van der Waals surface area contributed by atoms with E-state index in [0.717, 1.165) is 4.90 Å². The number of carbonyl (C=O) groups excluding carboxylic acids is 2. The van der Waals surface area contributed by atoms with Crippen molar-refractivity contribution < 1.29 is 22.8 Å². The summed E-state index contributed by atoms with van der Waals surface area (Å²) < 4.78 is 40.6. The predicted octanol–water partition coefficient (Wildman–Crippen LogP) is 1.59. The monoisotopic (exact) mass is 286 g/mol. The molecule has 4 nitrogen and oxygen atoms in total. The van der Waals surface area contributed by atoms with Gasteiger partial charge in [0.05, 0.1) is 6.54 Å². The largest absolute Gasteiger partial charge is 0.345 e. The van der Waals surface area contributed by atoms with Gasteiger partial charge in [0.25, 0.3) is 0 Å². The van der Waals surface area contributed by atoms with Crippen molar-refractivity contribution >= 4 is 17.5 Å². The maximum atomic E-state index is 13.8. The molecule has 0 spiro atoms. The number of nitrogens with zero attached hydrogens (tertiary/aromatic N) is 1. The minimum Gasteiger partial charge on any atom is -0.345 e. The van der Waals surface area contributed by atoms with Crippen LogP contribution in [0.1, 0.15) is 13.8 Å². The van der Waals surface area contributed by atoms with Gasteiger partial charge < -0.3 is 5.32 Å². The molecule has 2 amide bonds. The quantitative estimate of drug-likeness (QED) is 0.897. The summed E-state index contributed by atoms with van der Waals surface area (Å²) in [5.74, 6) is -5.01. The first-order chi connectivity index (χ1) is 9.32. The lowest BCUT2D eigenvalue weighted by Gasteiger charge is -2.37. The van der Waals surface area contributed by atoms with E-state index in [9.17, 15) is 22.8 Å². The molecule has 0 saturated carbocycles. The van der Waals surface area contributed by atoms with Crippen molar-refractivity contribution in [2.75, 3.05) is 11.4 Å². The standard InChI is InChI=1S/C13H13F3N2O2/c1-6(2)11-13(20)17-5-10(19)18(11)12-8(15)3-7(14)4-9(12)16/h3-4,6,11H,5H2,1-2H3,(H,17,20). The van der Waals surface area contributed by atoms with Crippen molar-refractivity contribution in [3.05, 3.63) is 29.6 Å². The van der Waals surface area contributed by atoms with Gasteiger partial charge in [-0.2, -0.15) is 0 Å². The molecule has 0 aliphatic carbocycles. The molecule has 1 N–H and O–H groups in total. The highest BCUT2D eigenvalue weighted by atomic mass is 19.1. The summed E-state index contributed by atoms with van der Waals surface area (Å²) in [6, 6.07) is -0.0729. The average molecular weight is 286 g/mol. The Bertz CT molecular complexity index is 552. The molecule has 1 aliphatic rings. The molecule has 1 unspecified atom stereocenters. The fourth-order valence-electron chi connectivity index (χ4n) is 2.25. The smallest absolute Gasteiger partial charge is 0.247 e. The zero-order valence-electron chi connectivity index (χ0n) is 10.9. The van der Waals surface area contributed by atoms with Gasteiger partial charge in [-0.05, 0) is 5.92 Å². The summed E-state index contributed by atoms with van der Waals surface area (Å²) in [7, 11) is 0. The van der Waals surface area contributed by atoms with Gasteiger partial charge in [0.15, 0.2) is 11.6 Å². The topological polar surface area (TPSA) is 49.4 Å². The first kappa shape index (κ1) is 14.4. The molecule has 1 aromatic rings. The average Bonchev–Trinajstić information content (AvgIpc) is 2.31. The molecule has 0 bridgehead atoms. The van der Waals surface area contributed by atoms with Gasteiger partial charge in [0.2, 0.25) is 11.8 Å². The number of benzene rings is 1. The Morgan fingerprint density at radius 2 is 1.75 bits per heavy atom. The van der Waals surface area contributed by atoms with E-state index < -0.39 is 41.0 Å². The fraction of sp³-hybridized carbons (Fsp3) is 0.385. The maximum absolute atomic E-state index is 13.8. The molecule has 108 valence electrons. The lowest BCUT2D eigenvalue weighted by atomic mass is 9.98. The number of anilines is 1. The second kappa shape index (κ2) is 5.15. The van der Waals surface area contributed by atoms with E-state index in [0.29, 0.717) is 12.1 Å². The molecule has 1 aromatic carbocycles. The number of amides is 2. The van der Waals surface area contributed by atoms with Gasteiger partial charge in [0.1, 0.15) is 17.5 Å². The van der Waals surface area contributed by atoms with Gasteiger partial charge >= 0.3 is 0 Å². The van der Waals surface area contributed by atoms with Crippen LogP contribution in [0.4, 0.5) is 18.9 Å². The first-order valence-corrected chi connectivity index (χ1v) is 6.07. The Labute approximate surface area is 113 Å². The van der Waals surface area contributed by atoms with Crippen LogP contribution in [0.5, 0.6) is 0 Å². The van der Waals surface area contributed by atoms with E-state index in [1.54, 1.807) is 13.8 Å². The second-order valence-corrected chi connectivity index (χ2v) is 4.89. The molecule has 0 radical (unpaired) electrons. The molecule has 0 aromatic heterocycles. The van der Waals surface area contributed by atoms with Gasteiger partial charge in [-0.3, -0.25) is 14.5 Å². The van der Waals surface area contributed by atoms with Gasteiger partial charge in [-0.25, -0.2) is 13.2 Å². The highest BCUT2D eigenvalue weighted by Gasteiger charge is 2.40. The van der Waals surface area contributed by atoms with Gasteiger partial charge in [-0.1, -0.05) is 13.8 Å². The highest BCUT2D eigenvalue weighted by Crippen LogP contribution is 2.29. The summed E-state index contributed by atoms with van der Waals surface area (Å²) >= 11 is 0.